The molecule has 1 saturated carbocycles. The molecule has 2 atom stereocenters. The summed E-state index contributed by atoms with van der Waals surface area (Å²) in [6.45, 7) is 3.90. The van der Waals surface area contributed by atoms with Gasteiger partial charge in [0, 0.05) is 56.5 Å². The van der Waals surface area contributed by atoms with Crippen molar-refractivity contribution >= 4 is 28.0 Å². The van der Waals surface area contributed by atoms with E-state index in [9.17, 15) is 4.79 Å². The highest BCUT2D eigenvalue weighted by atomic mass is 16.5. The van der Waals surface area contributed by atoms with Crippen LogP contribution in [0.4, 0.5) is 0 Å². The number of carbonyl (C=O) groups excluding carboxylic acids is 1. The fraction of sp³-hybridized carbons (Fsp3) is 0.500. The first-order valence-electron chi connectivity index (χ1n) is 9.31. The van der Waals surface area contributed by atoms with Crippen molar-refractivity contribution in [2.24, 2.45) is 23.7 Å². The highest BCUT2D eigenvalue weighted by molar-refractivity contribution is 6.22. The van der Waals surface area contributed by atoms with Crippen LogP contribution in [0.5, 0.6) is 5.88 Å². The Morgan fingerprint density at radius 1 is 1.52 bits per heavy atom. The quantitative estimate of drug-likeness (QED) is 0.818. The zero-order valence-corrected chi connectivity index (χ0v) is 16.4. The Labute approximate surface area is 159 Å². The van der Waals surface area contributed by atoms with Gasteiger partial charge in [-0.25, -0.2) is 4.98 Å². The molecule has 0 amide bonds. The Kier molecular flexibility index (Phi) is 5.58. The first-order valence-corrected chi connectivity index (χ1v) is 9.31. The topological polar surface area (TPSA) is 95.4 Å². The number of ether oxygens (including phenoxy) is 1. The Balaban J connectivity index is 1.99. The van der Waals surface area contributed by atoms with Gasteiger partial charge < -0.3 is 10.5 Å². The summed E-state index contributed by atoms with van der Waals surface area (Å²) >= 11 is 0. The number of fused-ring (bicyclic) bond motifs is 1. The maximum Gasteiger partial charge on any atom is 0.225 e. The highest BCUT2D eigenvalue weighted by Gasteiger charge is 2.27. The van der Waals surface area contributed by atoms with E-state index >= 15 is 0 Å². The molecule has 144 valence electrons. The van der Waals surface area contributed by atoms with Gasteiger partial charge in [-0.2, -0.15) is 5.10 Å². The predicted octanol–water partition coefficient (Wildman–Crippen LogP) is 2.89. The lowest BCUT2D eigenvalue weighted by Gasteiger charge is -2.27. The van der Waals surface area contributed by atoms with Gasteiger partial charge in [-0.1, -0.05) is 0 Å². The number of carbonyl (C=O) groups is 1. The molecule has 0 aromatic carbocycles. The molecule has 2 aromatic rings. The molecule has 0 aliphatic heterocycles. The number of pyridine rings is 1. The summed E-state index contributed by atoms with van der Waals surface area (Å²) in [5.74, 6) is 1.05. The lowest BCUT2D eigenvalue weighted by atomic mass is 9.85. The number of hydrogen-bond acceptors (Lipinski definition) is 6. The number of hydrogen-bond donors (Lipinski definition) is 1. The van der Waals surface area contributed by atoms with Crippen LogP contribution in [-0.4, -0.2) is 39.4 Å². The molecule has 27 heavy (non-hydrogen) atoms. The van der Waals surface area contributed by atoms with E-state index in [1.165, 1.54) is 6.20 Å². The van der Waals surface area contributed by atoms with E-state index in [0.29, 0.717) is 30.2 Å². The molecule has 1 aliphatic carbocycles. The molecule has 1 fully saturated rings. The van der Waals surface area contributed by atoms with Crippen molar-refractivity contribution in [2.75, 3.05) is 7.05 Å². The second-order valence-electron chi connectivity index (χ2n) is 7.16. The van der Waals surface area contributed by atoms with Crippen molar-refractivity contribution in [3.63, 3.8) is 0 Å². The van der Waals surface area contributed by atoms with Crippen LogP contribution in [0.3, 0.4) is 0 Å². The highest BCUT2D eigenvalue weighted by Crippen LogP contribution is 2.31. The average molecular weight is 369 g/mol. The van der Waals surface area contributed by atoms with Crippen LogP contribution in [-0.2, 0) is 11.8 Å². The van der Waals surface area contributed by atoms with Gasteiger partial charge in [-0.15, -0.1) is 0 Å². The van der Waals surface area contributed by atoms with Crippen LogP contribution in [0.1, 0.15) is 45.2 Å². The number of ketones is 1. The maximum absolute atomic E-state index is 11.8. The molecule has 1 aliphatic rings. The summed E-state index contributed by atoms with van der Waals surface area (Å²) in [6, 6.07) is 1.89. The molecule has 0 unspecified atom stereocenters. The number of aryl methyl sites for hydroxylation is 1. The maximum atomic E-state index is 11.8. The van der Waals surface area contributed by atoms with Gasteiger partial charge in [0.1, 0.15) is 11.9 Å². The molecule has 2 aromatic heterocycles. The molecule has 0 spiro atoms. The monoisotopic (exact) mass is 369 g/mol. The largest absolute Gasteiger partial charge is 0.474 e. The van der Waals surface area contributed by atoms with E-state index in [2.05, 4.69) is 10.1 Å². The van der Waals surface area contributed by atoms with Crippen molar-refractivity contribution in [1.82, 2.24) is 14.8 Å². The predicted molar refractivity (Wildman–Crippen MR) is 107 cm³/mol. The third kappa shape index (κ3) is 4.02. The molecule has 7 nitrogen and oxygen atoms in total. The van der Waals surface area contributed by atoms with Gasteiger partial charge in [0.2, 0.25) is 5.88 Å². The fourth-order valence-corrected chi connectivity index (χ4v) is 3.58. The first kappa shape index (κ1) is 19.1. The zero-order valence-electron chi connectivity index (χ0n) is 16.4. The van der Waals surface area contributed by atoms with E-state index in [4.69, 9.17) is 15.5 Å². The van der Waals surface area contributed by atoms with Gasteiger partial charge in [0.15, 0.2) is 0 Å². The van der Waals surface area contributed by atoms with Crippen LogP contribution < -0.4 is 10.5 Å². The number of allylic oxidation sites excluding steroid dienone is 1. The minimum absolute atomic E-state index is 0.105. The van der Waals surface area contributed by atoms with Crippen LogP contribution >= 0.6 is 0 Å². The number of nitrogens with zero attached hydrogens (tertiary/aromatic N) is 4. The minimum Gasteiger partial charge on any atom is -0.474 e. The van der Waals surface area contributed by atoms with Crippen molar-refractivity contribution in [3.8, 4) is 5.88 Å². The van der Waals surface area contributed by atoms with Crippen molar-refractivity contribution in [3.05, 3.63) is 24.2 Å². The van der Waals surface area contributed by atoms with Gasteiger partial charge in [0.05, 0.1) is 16.6 Å². The van der Waals surface area contributed by atoms with Crippen molar-refractivity contribution in [1.29, 1.82) is 0 Å². The Morgan fingerprint density at radius 2 is 2.30 bits per heavy atom. The van der Waals surface area contributed by atoms with Crippen molar-refractivity contribution < 1.29 is 9.53 Å². The van der Waals surface area contributed by atoms with Crippen LogP contribution in [0.25, 0.3) is 16.5 Å². The van der Waals surface area contributed by atoms with E-state index in [1.807, 2.05) is 33.2 Å². The third-order valence-corrected chi connectivity index (χ3v) is 5.23. The molecular formula is C20H27N5O2. The van der Waals surface area contributed by atoms with Gasteiger partial charge in [-0.05, 0) is 32.8 Å². The summed E-state index contributed by atoms with van der Waals surface area (Å²) in [5, 5.41) is 5.35. The summed E-state index contributed by atoms with van der Waals surface area (Å²) in [5.41, 5.74) is 8.82. The second-order valence-corrected chi connectivity index (χ2v) is 7.16. The van der Waals surface area contributed by atoms with Crippen LogP contribution in [0.2, 0.25) is 0 Å². The molecule has 0 saturated heterocycles. The normalized spacial score (nSPS) is 20.1. The molecular weight excluding hydrogens is 342 g/mol. The van der Waals surface area contributed by atoms with E-state index in [1.54, 1.807) is 11.7 Å². The molecule has 2 heterocycles. The summed E-state index contributed by atoms with van der Waals surface area (Å²) in [6.07, 6.45) is 6.49. The minimum atomic E-state index is -0.105. The van der Waals surface area contributed by atoms with Crippen LogP contribution in [0, 0.1) is 5.92 Å². The van der Waals surface area contributed by atoms with E-state index in [0.717, 1.165) is 35.0 Å². The lowest BCUT2D eigenvalue weighted by molar-refractivity contribution is -0.122. The van der Waals surface area contributed by atoms with Crippen LogP contribution in [0.15, 0.2) is 23.5 Å². The molecule has 0 bridgehead atoms. The van der Waals surface area contributed by atoms with Gasteiger partial charge in [-0.3, -0.25) is 14.5 Å². The molecule has 7 heteroatoms. The Bertz CT molecular complexity index is 912. The third-order valence-electron chi connectivity index (χ3n) is 5.23. The summed E-state index contributed by atoms with van der Waals surface area (Å²) < 4.78 is 7.99. The number of nitrogens with two attached hydrogens (primary N) is 1. The summed E-state index contributed by atoms with van der Waals surface area (Å²) in [7, 11) is 3.59. The standard InChI is InChI=1S/C20H27N5O2/c1-12(22-3)16(10-21)18-9-19-17(11-25(4)24-19)20(23-18)27-13(2)14-6-5-7-15(26)8-14/h9-11,13-14H,5-8,21H2,1-4H3/t13-,14+/m1/s1. The number of rotatable bonds is 5. The van der Waals surface area contributed by atoms with Crippen molar-refractivity contribution in [2.45, 2.75) is 45.6 Å². The smallest absolute Gasteiger partial charge is 0.225 e. The van der Waals surface area contributed by atoms with Gasteiger partial charge in [0.25, 0.3) is 0 Å². The SMILES string of the molecule is CN=C(C)C(=CN)c1cc2nn(C)cc2c(O[C@H](C)[C@H]2CCCC(=O)C2)n1. The Hall–Kier alpha value is -2.70. The van der Waals surface area contributed by atoms with E-state index < -0.39 is 0 Å². The lowest BCUT2D eigenvalue weighted by Crippen LogP contribution is -2.29. The number of aliphatic imine (C=N–C) groups is 1. The first-order chi connectivity index (χ1) is 12.9. The summed E-state index contributed by atoms with van der Waals surface area (Å²) in [4.78, 5) is 20.8. The average Bonchev–Trinajstić information content (AvgIpc) is 3.02. The number of aromatic nitrogens is 3. The van der Waals surface area contributed by atoms with Gasteiger partial charge >= 0.3 is 0 Å². The molecule has 2 N–H and O–H groups in total. The van der Waals surface area contributed by atoms with E-state index in [-0.39, 0.29) is 12.0 Å². The number of Topliss-reactive ketones (excluding diaryl/α,β-unsaturated/α-hetero) is 1. The Morgan fingerprint density at radius 3 is 2.96 bits per heavy atom. The molecule has 0 radical (unpaired) electrons. The zero-order chi connectivity index (χ0) is 19.6. The molecule has 3 rings (SSSR count). The second kappa shape index (κ2) is 7.90. The fourth-order valence-electron chi connectivity index (χ4n) is 3.58.